The molecule has 0 radical (unpaired) electrons. The lowest BCUT2D eigenvalue weighted by molar-refractivity contribution is 0.0988. The van der Waals surface area contributed by atoms with Gasteiger partial charge < -0.3 is 0 Å². The third-order valence-corrected chi connectivity index (χ3v) is 2.85. The second-order valence-corrected chi connectivity index (χ2v) is 4.81. The number of Topliss-reactive ketones (excluding diaryl/α,β-unsaturated/α-hetero) is 1. The summed E-state index contributed by atoms with van der Waals surface area (Å²) in [6.07, 6.45) is 2.10. The minimum Gasteiger partial charge on any atom is -0.292 e. The van der Waals surface area contributed by atoms with Crippen molar-refractivity contribution in [2.45, 2.75) is 27.2 Å². The Morgan fingerprint density at radius 1 is 1.00 bits per heavy atom. The molecular formula is C16H17NO. The van der Waals surface area contributed by atoms with E-state index in [4.69, 9.17) is 0 Å². The maximum absolute atomic E-state index is 12.1. The fraction of sp³-hybridized carbons (Fsp3) is 0.250. The van der Waals surface area contributed by atoms with Crippen LogP contribution in [0.3, 0.4) is 0 Å². The van der Waals surface area contributed by atoms with E-state index in [0.717, 1.165) is 11.1 Å². The van der Waals surface area contributed by atoms with Gasteiger partial charge in [-0.25, -0.2) is 0 Å². The molecule has 0 spiro atoms. The number of hydrogen-bond donors (Lipinski definition) is 0. The van der Waals surface area contributed by atoms with E-state index >= 15 is 0 Å². The molecular weight excluding hydrogens is 222 g/mol. The molecule has 0 amide bonds. The molecule has 18 heavy (non-hydrogen) atoms. The molecule has 2 nitrogen and oxygen atoms in total. The van der Waals surface area contributed by atoms with Gasteiger partial charge in [0.1, 0.15) is 5.69 Å². The highest BCUT2D eigenvalue weighted by Crippen LogP contribution is 2.12. The second-order valence-electron chi connectivity index (χ2n) is 4.81. The van der Waals surface area contributed by atoms with Gasteiger partial charge in [-0.2, -0.15) is 0 Å². The van der Waals surface area contributed by atoms with E-state index in [0.29, 0.717) is 12.1 Å². The Kier molecular flexibility index (Phi) is 3.56. The van der Waals surface area contributed by atoms with Crippen molar-refractivity contribution in [1.29, 1.82) is 0 Å². The zero-order chi connectivity index (χ0) is 13.1. The number of benzene rings is 1. The summed E-state index contributed by atoms with van der Waals surface area (Å²) in [6.45, 7) is 6.06. The largest absolute Gasteiger partial charge is 0.292 e. The van der Waals surface area contributed by atoms with E-state index in [9.17, 15) is 4.79 Å². The topological polar surface area (TPSA) is 30.0 Å². The van der Waals surface area contributed by atoms with Crippen LogP contribution >= 0.6 is 0 Å². The van der Waals surface area contributed by atoms with Crippen LogP contribution in [0.25, 0.3) is 0 Å². The molecule has 0 aliphatic heterocycles. The predicted molar refractivity (Wildman–Crippen MR) is 72.9 cm³/mol. The number of aromatic nitrogens is 1. The van der Waals surface area contributed by atoms with Gasteiger partial charge in [-0.05, 0) is 44.0 Å². The highest BCUT2D eigenvalue weighted by molar-refractivity contribution is 5.95. The van der Waals surface area contributed by atoms with Crippen LogP contribution in [0.1, 0.15) is 32.7 Å². The molecule has 0 aliphatic rings. The number of carbonyl (C=O) groups excluding carboxylic acids is 1. The molecule has 2 rings (SSSR count). The van der Waals surface area contributed by atoms with Crippen LogP contribution in [-0.4, -0.2) is 10.8 Å². The second kappa shape index (κ2) is 5.13. The SMILES string of the molecule is Cc1cc(C)cc(CC(=O)c2cc(C)ccn2)c1. The quantitative estimate of drug-likeness (QED) is 0.768. The van der Waals surface area contributed by atoms with Gasteiger partial charge >= 0.3 is 0 Å². The molecule has 0 unspecified atom stereocenters. The first-order valence-corrected chi connectivity index (χ1v) is 6.07. The first kappa shape index (κ1) is 12.5. The van der Waals surface area contributed by atoms with Crippen molar-refractivity contribution in [3.63, 3.8) is 0 Å². The molecule has 0 saturated carbocycles. The highest BCUT2D eigenvalue weighted by Gasteiger charge is 2.09. The van der Waals surface area contributed by atoms with Crippen LogP contribution < -0.4 is 0 Å². The Labute approximate surface area is 108 Å². The minimum atomic E-state index is 0.0729. The standard InChI is InChI=1S/C16H17NO/c1-11-4-5-17-15(9-11)16(18)10-14-7-12(2)6-13(3)8-14/h4-9H,10H2,1-3H3. The number of aryl methyl sites for hydroxylation is 3. The Balaban J connectivity index is 2.21. The lowest BCUT2D eigenvalue weighted by Gasteiger charge is -2.05. The van der Waals surface area contributed by atoms with Crippen molar-refractivity contribution in [3.8, 4) is 0 Å². The molecule has 1 aromatic heterocycles. The Bertz CT molecular complexity index is 567. The van der Waals surface area contributed by atoms with E-state index in [-0.39, 0.29) is 5.78 Å². The van der Waals surface area contributed by atoms with E-state index < -0.39 is 0 Å². The Morgan fingerprint density at radius 2 is 1.67 bits per heavy atom. The molecule has 0 saturated heterocycles. The average molecular weight is 239 g/mol. The van der Waals surface area contributed by atoms with Crippen molar-refractivity contribution in [1.82, 2.24) is 4.98 Å². The smallest absolute Gasteiger partial charge is 0.185 e. The Morgan fingerprint density at radius 3 is 2.28 bits per heavy atom. The van der Waals surface area contributed by atoms with Gasteiger partial charge in [0.05, 0.1) is 0 Å². The molecule has 2 heteroatoms. The summed E-state index contributed by atoms with van der Waals surface area (Å²) >= 11 is 0. The normalized spacial score (nSPS) is 10.4. The van der Waals surface area contributed by atoms with Crippen LogP contribution in [0.5, 0.6) is 0 Å². The number of hydrogen-bond acceptors (Lipinski definition) is 2. The van der Waals surface area contributed by atoms with Gasteiger partial charge in [0.2, 0.25) is 0 Å². The summed E-state index contributed by atoms with van der Waals surface area (Å²) in [5.41, 5.74) is 5.05. The fourth-order valence-corrected chi connectivity index (χ4v) is 2.14. The molecule has 0 fully saturated rings. The van der Waals surface area contributed by atoms with Crippen LogP contribution in [0, 0.1) is 20.8 Å². The van der Waals surface area contributed by atoms with Crippen LogP contribution in [0.15, 0.2) is 36.5 Å². The van der Waals surface area contributed by atoms with Crippen LogP contribution in [0.4, 0.5) is 0 Å². The molecule has 0 N–H and O–H groups in total. The minimum absolute atomic E-state index is 0.0729. The summed E-state index contributed by atoms with van der Waals surface area (Å²) in [4.78, 5) is 16.3. The van der Waals surface area contributed by atoms with Crippen molar-refractivity contribution in [3.05, 3.63) is 64.5 Å². The first-order valence-electron chi connectivity index (χ1n) is 6.07. The van der Waals surface area contributed by atoms with Gasteiger partial charge in [0.15, 0.2) is 5.78 Å². The van der Waals surface area contributed by atoms with Crippen LogP contribution in [-0.2, 0) is 6.42 Å². The van der Waals surface area contributed by atoms with Gasteiger partial charge in [-0.1, -0.05) is 29.3 Å². The van der Waals surface area contributed by atoms with Gasteiger partial charge in [0.25, 0.3) is 0 Å². The molecule has 1 heterocycles. The fourth-order valence-electron chi connectivity index (χ4n) is 2.14. The van der Waals surface area contributed by atoms with Gasteiger partial charge in [-0.15, -0.1) is 0 Å². The Hall–Kier alpha value is -1.96. The number of rotatable bonds is 3. The number of nitrogens with zero attached hydrogens (tertiary/aromatic N) is 1. The van der Waals surface area contributed by atoms with Crippen molar-refractivity contribution in [2.75, 3.05) is 0 Å². The van der Waals surface area contributed by atoms with Crippen molar-refractivity contribution in [2.24, 2.45) is 0 Å². The number of carbonyl (C=O) groups is 1. The predicted octanol–water partition coefficient (Wildman–Crippen LogP) is 3.43. The summed E-state index contributed by atoms with van der Waals surface area (Å²) < 4.78 is 0. The molecule has 92 valence electrons. The third kappa shape index (κ3) is 3.04. The summed E-state index contributed by atoms with van der Waals surface area (Å²) in [5, 5.41) is 0. The van der Waals surface area contributed by atoms with Gasteiger partial charge in [-0.3, -0.25) is 9.78 Å². The molecule has 1 aromatic carbocycles. The van der Waals surface area contributed by atoms with Crippen molar-refractivity contribution < 1.29 is 4.79 Å². The van der Waals surface area contributed by atoms with Crippen LogP contribution in [0.2, 0.25) is 0 Å². The number of pyridine rings is 1. The molecule has 0 bridgehead atoms. The first-order chi connectivity index (χ1) is 8.54. The summed E-state index contributed by atoms with van der Waals surface area (Å²) in [5.74, 6) is 0.0729. The van der Waals surface area contributed by atoms with E-state index in [1.807, 2.05) is 32.9 Å². The van der Waals surface area contributed by atoms with E-state index in [1.165, 1.54) is 11.1 Å². The molecule has 2 aromatic rings. The summed E-state index contributed by atoms with van der Waals surface area (Å²) in [7, 11) is 0. The third-order valence-electron chi connectivity index (χ3n) is 2.85. The lowest BCUT2D eigenvalue weighted by atomic mass is 10.0. The number of ketones is 1. The highest BCUT2D eigenvalue weighted by atomic mass is 16.1. The molecule has 0 atom stereocenters. The zero-order valence-corrected chi connectivity index (χ0v) is 11.0. The maximum Gasteiger partial charge on any atom is 0.185 e. The average Bonchev–Trinajstić information content (AvgIpc) is 2.27. The van der Waals surface area contributed by atoms with Gasteiger partial charge in [0, 0.05) is 12.6 Å². The van der Waals surface area contributed by atoms with E-state index in [2.05, 4.69) is 23.2 Å². The van der Waals surface area contributed by atoms with E-state index in [1.54, 1.807) is 6.20 Å². The lowest BCUT2D eigenvalue weighted by Crippen LogP contribution is -2.06. The molecule has 0 aliphatic carbocycles. The summed E-state index contributed by atoms with van der Waals surface area (Å²) in [6, 6.07) is 9.96. The maximum atomic E-state index is 12.1. The zero-order valence-electron chi connectivity index (χ0n) is 11.0. The monoisotopic (exact) mass is 239 g/mol. The van der Waals surface area contributed by atoms with Crippen molar-refractivity contribution >= 4 is 5.78 Å².